The van der Waals surface area contributed by atoms with Crippen LogP contribution in [0, 0.1) is 6.92 Å². The van der Waals surface area contributed by atoms with Crippen LogP contribution < -0.4 is 9.47 Å². The summed E-state index contributed by atoms with van der Waals surface area (Å²) in [6.45, 7) is 4.47. The van der Waals surface area contributed by atoms with Gasteiger partial charge < -0.3 is 13.9 Å². The Labute approximate surface area is 177 Å². The highest BCUT2D eigenvalue weighted by Crippen LogP contribution is 2.34. The summed E-state index contributed by atoms with van der Waals surface area (Å²) in [6, 6.07) is 12.8. The van der Waals surface area contributed by atoms with Crippen LogP contribution >= 0.6 is 23.2 Å². The summed E-state index contributed by atoms with van der Waals surface area (Å²) in [6.07, 6.45) is 0.810. The van der Waals surface area contributed by atoms with Crippen LogP contribution in [0.3, 0.4) is 0 Å². The molecular weight excluding hydrogens is 413 g/mol. The second-order valence-corrected chi connectivity index (χ2v) is 7.22. The largest absolute Gasteiger partial charge is 0.476 e. The Bertz CT molecular complexity index is 1180. The monoisotopic (exact) mass is 429 g/mol. The smallest absolute Gasteiger partial charge is 0.328 e. The van der Waals surface area contributed by atoms with Crippen molar-refractivity contribution in [3.05, 3.63) is 58.1 Å². The number of oxazole rings is 1. The molecule has 0 amide bonds. The minimum Gasteiger partial charge on any atom is -0.476 e. The predicted octanol–water partition coefficient (Wildman–Crippen LogP) is 6.48. The van der Waals surface area contributed by atoms with E-state index in [4.69, 9.17) is 37.1 Å². The molecule has 148 valence electrons. The van der Waals surface area contributed by atoms with Crippen molar-refractivity contribution in [1.29, 1.82) is 0 Å². The van der Waals surface area contributed by atoms with E-state index >= 15 is 0 Å². The first kappa shape index (κ1) is 19.5. The summed E-state index contributed by atoms with van der Waals surface area (Å²) >= 11 is 12.2. The van der Waals surface area contributed by atoms with Gasteiger partial charge in [0.25, 0.3) is 11.6 Å². The van der Waals surface area contributed by atoms with Crippen molar-refractivity contribution in [1.82, 2.24) is 15.0 Å². The van der Waals surface area contributed by atoms with Gasteiger partial charge in [-0.1, -0.05) is 47.8 Å². The van der Waals surface area contributed by atoms with Crippen LogP contribution in [0.1, 0.15) is 18.9 Å². The number of nitrogens with zero attached hydrogens (tertiary/aromatic N) is 3. The van der Waals surface area contributed by atoms with E-state index in [0.717, 1.165) is 17.5 Å². The summed E-state index contributed by atoms with van der Waals surface area (Å²) in [5, 5.41) is 0.862. The molecule has 4 aromatic rings. The molecule has 4 rings (SSSR count). The fourth-order valence-corrected chi connectivity index (χ4v) is 3.00. The van der Waals surface area contributed by atoms with E-state index in [1.165, 1.54) is 0 Å². The van der Waals surface area contributed by atoms with Crippen molar-refractivity contribution in [2.24, 2.45) is 0 Å². The van der Waals surface area contributed by atoms with Crippen LogP contribution in [0.25, 0.3) is 22.7 Å². The molecule has 8 heteroatoms. The highest BCUT2D eigenvalue weighted by atomic mass is 35.5. The maximum Gasteiger partial charge on any atom is 0.328 e. The molecule has 0 aliphatic heterocycles. The van der Waals surface area contributed by atoms with Crippen LogP contribution in [-0.4, -0.2) is 21.6 Å². The highest BCUT2D eigenvalue weighted by molar-refractivity contribution is 6.34. The molecule has 0 radical (unpaired) electrons. The molecule has 0 atom stereocenters. The zero-order valence-electron chi connectivity index (χ0n) is 15.8. The summed E-state index contributed by atoms with van der Waals surface area (Å²) in [7, 11) is 0. The Morgan fingerprint density at radius 1 is 1.03 bits per heavy atom. The SMILES string of the molecule is CCCOc1nc(Oc2cc(Cl)ccc2Cl)nc2oc(-c3cccc(C)c3)nc12. The van der Waals surface area contributed by atoms with Gasteiger partial charge in [-0.3, -0.25) is 0 Å². The quantitative estimate of drug-likeness (QED) is 0.349. The topological polar surface area (TPSA) is 70.3 Å². The molecule has 29 heavy (non-hydrogen) atoms. The maximum absolute atomic E-state index is 6.18. The Hall–Kier alpha value is -2.83. The van der Waals surface area contributed by atoms with Gasteiger partial charge in [-0.05, 0) is 37.6 Å². The minimum atomic E-state index is 0.0275. The molecule has 0 aliphatic rings. The number of hydrogen-bond acceptors (Lipinski definition) is 6. The van der Waals surface area contributed by atoms with Gasteiger partial charge in [-0.2, -0.15) is 9.97 Å². The van der Waals surface area contributed by atoms with Gasteiger partial charge in [0.1, 0.15) is 0 Å². The molecule has 0 unspecified atom stereocenters. The van der Waals surface area contributed by atoms with Crippen molar-refractivity contribution in [3.63, 3.8) is 0 Å². The lowest BCUT2D eigenvalue weighted by atomic mass is 10.1. The number of hydrogen-bond donors (Lipinski definition) is 0. The molecule has 0 N–H and O–H groups in total. The van der Waals surface area contributed by atoms with E-state index in [1.807, 2.05) is 38.1 Å². The fraction of sp³-hybridized carbons (Fsp3) is 0.190. The van der Waals surface area contributed by atoms with E-state index in [0.29, 0.717) is 33.8 Å². The Kier molecular flexibility index (Phi) is 5.56. The molecule has 0 fully saturated rings. The molecule has 0 saturated carbocycles. The van der Waals surface area contributed by atoms with E-state index < -0.39 is 0 Å². The molecular formula is C21H17Cl2N3O3. The van der Waals surface area contributed by atoms with Crippen LogP contribution in [0.5, 0.6) is 17.6 Å². The second-order valence-electron chi connectivity index (χ2n) is 6.38. The zero-order chi connectivity index (χ0) is 20.4. The van der Waals surface area contributed by atoms with Crippen molar-refractivity contribution < 1.29 is 13.9 Å². The number of ether oxygens (including phenoxy) is 2. The first-order valence-corrected chi connectivity index (χ1v) is 9.80. The van der Waals surface area contributed by atoms with Gasteiger partial charge in [-0.15, -0.1) is 0 Å². The highest BCUT2D eigenvalue weighted by Gasteiger charge is 2.19. The Morgan fingerprint density at radius 2 is 1.90 bits per heavy atom. The van der Waals surface area contributed by atoms with E-state index in [9.17, 15) is 0 Å². The third-order valence-corrected chi connectivity index (χ3v) is 4.56. The first-order valence-electron chi connectivity index (χ1n) is 9.05. The standard InChI is InChI=1S/C21H17Cl2N3O3/c1-3-9-27-19-17-20(29-18(24-17)13-6-4-5-12(2)10-13)26-21(25-19)28-16-11-14(22)7-8-15(16)23/h4-8,10-11H,3,9H2,1-2H3. The van der Waals surface area contributed by atoms with Gasteiger partial charge >= 0.3 is 6.01 Å². The minimum absolute atomic E-state index is 0.0275. The lowest BCUT2D eigenvalue weighted by Gasteiger charge is -2.08. The van der Waals surface area contributed by atoms with Gasteiger partial charge in [-0.25, -0.2) is 4.98 Å². The number of fused-ring (bicyclic) bond motifs is 1. The molecule has 6 nitrogen and oxygen atoms in total. The van der Waals surface area contributed by atoms with Crippen molar-refractivity contribution >= 4 is 34.4 Å². The lowest BCUT2D eigenvalue weighted by Crippen LogP contribution is -2.01. The molecule has 2 heterocycles. The van der Waals surface area contributed by atoms with E-state index in [-0.39, 0.29) is 17.6 Å². The average Bonchev–Trinajstić information content (AvgIpc) is 3.13. The van der Waals surface area contributed by atoms with E-state index in [1.54, 1.807) is 18.2 Å². The molecule has 0 spiro atoms. The fourth-order valence-electron chi connectivity index (χ4n) is 2.68. The van der Waals surface area contributed by atoms with Crippen LogP contribution in [-0.2, 0) is 0 Å². The van der Waals surface area contributed by atoms with Crippen LogP contribution in [0.4, 0.5) is 0 Å². The number of benzene rings is 2. The predicted molar refractivity (Wildman–Crippen MR) is 112 cm³/mol. The summed E-state index contributed by atoms with van der Waals surface area (Å²) < 4.78 is 17.4. The summed E-state index contributed by atoms with van der Waals surface area (Å²) in [5.74, 6) is 1.04. The van der Waals surface area contributed by atoms with E-state index in [2.05, 4.69) is 15.0 Å². The van der Waals surface area contributed by atoms with Crippen LogP contribution in [0.2, 0.25) is 10.0 Å². The molecule has 0 saturated heterocycles. The molecule has 0 aliphatic carbocycles. The Balaban J connectivity index is 1.78. The second kappa shape index (κ2) is 8.27. The van der Waals surface area contributed by atoms with Crippen molar-refractivity contribution in [2.75, 3.05) is 6.61 Å². The van der Waals surface area contributed by atoms with Crippen molar-refractivity contribution in [2.45, 2.75) is 20.3 Å². The maximum atomic E-state index is 6.18. The molecule has 0 bridgehead atoms. The summed E-state index contributed by atoms with van der Waals surface area (Å²) in [4.78, 5) is 13.2. The number of aromatic nitrogens is 3. The first-order chi connectivity index (χ1) is 14.0. The van der Waals surface area contributed by atoms with Gasteiger partial charge in [0.05, 0.1) is 11.6 Å². The number of halogens is 2. The molecule has 2 aromatic carbocycles. The number of rotatable bonds is 6. The van der Waals surface area contributed by atoms with Gasteiger partial charge in [0, 0.05) is 16.7 Å². The third-order valence-electron chi connectivity index (χ3n) is 4.01. The van der Waals surface area contributed by atoms with Crippen molar-refractivity contribution in [3.8, 4) is 29.1 Å². The number of aryl methyl sites for hydroxylation is 1. The lowest BCUT2D eigenvalue weighted by molar-refractivity contribution is 0.302. The Morgan fingerprint density at radius 3 is 2.69 bits per heavy atom. The summed E-state index contributed by atoms with van der Waals surface area (Å²) in [5.41, 5.74) is 2.62. The normalized spacial score (nSPS) is 11.0. The molecule has 2 aromatic heterocycles. The average molecular weight is 430 g/mol. The third kappa shape index (κ3) is 4.28. The zero-order valence-corrected chi connectivity index (χ0v) is 17.3. The van der Waals surface area contributed by atoms with Gasteiger partial charge in [0.15, 0.2) is 11.3 Å². The van der Waals surface area contributed by atoms with Gasteiger partial charge in [0.2, 0.25) is 5.89 Å². The van der Waals surface area contributed by atoms with Crippen LogP contribution in [0.15, 0.2) is 46.9 Å².